The quantitative estimate of drug-likeness (QED) is 0.835. The number of benzene rings is 1. The highest BCUT2D eigenvalue weighted by atomic mass is 14.9. The topological polar surface area (TPSA) is 12.0 Å². The molecule has 2 rings (SSSR count). The van der Waals surface area contributed by atoms with E-state index in [0.717, 1.165) is 17.8 Å². The summed E-state index contributed by atoms with van der Waals surface area (Å²) in [4.78, 5) is 0. The highest BCUT2D eigenvalue weighted by Gasteiger charge is 2.26. The second-order valence-electron chi connectivity index (χ2n) is 5.90. The Hall–Kier alpha value is -0.820. The predicted molar refractivity (Wildman–Crippen MR) is 74.4 cm³/mol. The lowest BCUT2D eigenvalue weighted by Crippen LogP contribution is -2.36. The Morgan fingerprint density at radius 1 is 1.24 bits per heavy atom. The summed E-state index contributed by atoms with van der Waals surface area (Å²) in [5.41, 5.74) is 2.91. The van der Waals surface area contributed by atoms with Gasteiger partial charge in [0.1, 0.15) is 0 Å². The molecule has 1 nitrogen and oxygen atoms in total. The van der Waals surface area contributed by atoms with E-state index in [4.69, 9.17) is 0 Å². The highest BCUT2D eigenvalue weighted by molar-refractivity contribution is 5.25. The fourth-order valence-corrected chi connectivity index (χ4v) is 3.03. The number of rotatable bonds is 3. The second kappa shape index (κ2) is 5.68. The molecule has 1 aromatic rings. The standard InChI is InChI=1S/C16H25N/c1-12(2)10-15-11-17-9-8-16(15)14-6-4-13(3)5-7-14/h4-7,12,15-17H,8-11H2,1-3H3. The lowest BCUT2D eigenvalue weighted by Gasteiger charge is -2.33. The van der Waals surface area contributed by atoms with Crippen LogP contribution in [-0.2, 0) is 0 Å². The smallest absolute Gasteiger partial charge is 0.00146 e. The van der Waals surface area contributed by atoms with Gasteiger partial charge >= 0.3 is 0 Å². The van der Waals surface area contributed by atoms with Crippen molar-refractivity contribution in [3.8, 4) is 0 Å². The third kappa shape index (κ3) is 3.32. The third-order valence-electron chi connectivity index (χ3n) is 3.89. The molecule has 1 aliphatic rings. The fourth-order valence-electron chi connectivity index (χ4n) is 3.03. The molecule has 1 saturated heterocycles. The van der Waals surface area contributed by atoms with Gasteiger partial charge in [0.2, 0.25) is 0 Å². The summed E-state index contributed by atoms with van der Waals surface area (Å²) in [6.07, 6.45) is 2.63. The lowest BCUT2D eigenvalue weighted by molar-refractivity contribution is 0.280. The van der Waals surface area contributed by atoms with Crippen molar-refractivity contribution in [2.75, 3.05) is 13.1 Å². The molecule has 0 bridgehead atoms. The number of hydrogen-bond donors (Lipinski definition) is 1. The monoisotopic (exact) mass is 231 g/mol. The van der Waals surface area contributed by atoms with Crippen LogP contribution in [0.3, 0.4) is 0 Å². The van der Waals surface area contributed by atoms with Crippen molar-refractivity contribution in [1.29, 1.82) is 0 Å². The van der Waals surface area contributed by atoms with Gasteiger partial charge in [-0.1, -0.05) is 43.7 Å². The van der Waals surface area contributed by atoms with E-state index in [1.165, 1.54) is 31.5 Å². The van der Waals surface area contributed by atoms with Crippen LogP contribution in [0.1, 0.15) is 43.7 Å². The van der Waals surface area contributed by atoms with Gasteiger partial charge in [-0.05, 0) is 56.2 Å². The Morgan fingerprint density at radius 2 is 1.94 bits per heavy atom. The molecule has 17 heavy (non-hydrogen) atoms. The zero-order valence-electron chi connectivity index (χ0n) is 11.4. The average Bonchev–Trinajstić information content (AvgIpc) is 2.30. The Bertz CT molecular complexity index is 339. The van der Waals surface area contributed by atoms with E-state index in [1.54, 1.807) is 5.56 Å². The summed E-state index contributed by atoms with van der Waals surface area (Å²) >= 11 is 0. The third-order valence-corrected chi connectivity index (χ3v) is 3.89. The maximum absolute atomic E-state index is 3.55. The van der Waals surface area contributed by atoms with Gasteiger partial charge in [-0.2, -0.15) is 0 Å². The summed E-state index contributed by atoms with van der Waals surface area (Å²) < 4.78 is 0. The number of aryl methyl sites for hydroxylation is 1. The largest absolute Gasteiger partial charge is 0.316 e. The van der Waals surface area contributed by atoms with E-state index in [-0.39, 0.29) is 0 Å². The minimum Gasteiger partial charge on any atom is -0.316 e. The fraction of sp³-hybridized carbons (Fsp3) is 0.625. The van der Waals surface area contributed by atoms with Crippen LogP contribution in [0, 0.1) is 18.8 Å². The molecule has 94 valence electrons. The van der Waals surface area contributed by atoms with Crippen LogP contribution in [-0.4, -0.2) is 13.1 Å². The van der Waals surface area contributed by atoms with Crippen molar-refractivity contribution in [3.05, 3.63) is 35.4 Å². The van der Waals surface area contributed by atoms with Crippen molar-refractivity contribution in [3.63, 3.8) is 0 Å². The SMILES string of the molecule is Cc1ccc(C2CCNCC2CC(C)C)cc1. The lowest BCUT2D eigenvalue weighted by atomic mass is 9.77. The molecule has 1 N–H and O–H groups in total. The van der Waals surface area contributed by atoms with Crippen molar-refractivity contribution < 1.29 is 0 Å². The molecular weight excluding hydrogens is 206 g/mol. The normalized spacial score (nSPS) is 25.2. The minimum absolute atomic E-state index is 0.763. The van der Waals surface area contributed by atoms with Gasteiger partial charge < -0.3 is 5.32 Å². The number of hydrogen-bond acceptors (Lipinski definition) is 1. The summed E-state index contributed by atoms with van der Waals surface area (Å²) in [6, 6.07) is 9.17. The first-order valence-electron chi connectivity index (χ1n) is 6.94. The van der Waals surface area contributed by atoms with Crippen molar-refractivity contribution in [1.82, 2.24) is 5.32 Å². The number of piperidine rings is 1. The van der Waals surface area contributed by atoms with Crippen LogP contribution in [0.25, 0.3) is 0 Å². The van der Waals surface area contributed by atoms with Gasteiger partial charge in [0.25, 0.3) is 0 Å². The van der Waals surface area contributed by atoms with Crippen LogP contribution in [0.2, 0.25) is 0 Å². The molecule has 1 fully saturated rings. The van der Waals surface area contributed by atoms with Gasteiger partial charge in [-0.3, -0.25) is 0 Å². The van der Waals surface area contributed by atoms with Gasteiger partial charge in [0.05, 0.1) is 0 Å². The predicted octanol–water partition coefficient (Wildman–Crippen LogP) is 3.73. The Kier molecular flexibility index (Phi) is 4.22. The molecule has 0 amide bonds. The van der Waals surface area contributed by atoms with Crippen molar-refractivity contribution in [2.24, 2.45) is 11.8 Å². The molecule has 0 spiro atoms. The van der Waals surface area contributed by atoms with E-state index in [1.807, 2.05) is 0 Å². The summed E-state index contributed by atoms with van der Waals surface area (Å²) in [7, 11) is 0. The first-order valence-corrected chi connectivity index (χ1v) is 6.94. The Labute approximate surface area is 106 Å². The summed E-state index contributed by atoms with van der Waals surface area (Å²) in [5.74, 6) is 2.37. The van der Waals surface area contributed by atoms with Crippen LogP contribution in [0.15, 0.2) is 24.3 Å². The molecule has 1 heteroatoms. The van der Waals surface area contributed by atoms with Crippen molar-refractivity contribution in [2.45, 2.75) is 39.5 Å². The van der Waals surface area contributed by atoms with Crippen LogP contribution >= 0.6 is 0 Å². The second-order valence-corrected chi connectivity index (χ2v) is 5.90. The zero-order valence-corrected chi connectivity index (χ0v) is 11.4. The van der Waals surface area contributed by atoms with Gasteiger partial charge in [-0.15, -0.1) is 0 Å². The van der Waals surface area contributed by atoms with E-state index >= 15 is 0 Å². The molecular formula is C16H25N. The molecule has 0 radical (unpaired) electrons. The molecule has 0 aliphatic carbocycles. The molecule has 1 aromatic carbocycles. The molecule has 2 atom stereocenters. The van der Waals surface area contributed by atoms with E-state index < -0.39 is 0 Å². The maximum Gasteiger partial charge on any atom is -0.00146 e. The van der Waals surface area contributed by atoms with Crippen LogP contribution in [0.5, 0.6) is 0 Å². The maximum atomic E-state index is 3.55. The molecule has 1 aliphatic heterocycles. The average molecular weight is 231 g/mol. The van der Waals surface area contributed by atoms with E-state index in [2.05, 4.69) is 50.4 Å². The summed E-state index contributed by atoms with van der Waals surface area (Å²) in [5, 5.41) is 3.55. The first-order chi connectivity index (χ1) is 8.16. The van der Waals surface area contributed by atoms with Gasteiger partial charge in [0.15, 0.2) is 0 Å². The van der Waals surface area contributed by atoms with Crippen LogP contribution < -0.4 is 5.32 Å². The van der Waals surface area contributed by atoms with Crippen LogP contribution in [0.4, 0.5) is 0 Å². The molecule has 0 aromatic heterocycles. The Morgan fingerprint density at radius 3 is 2.59 bits per heavy atom. The summed E-state index contributed by atoms with van der Waals surface area (Å²) in [6.45, 7) is 9.20. The molecule has 1 heterocycles. The zero-order chi connectivity index (χ0) is 12.3. The van der Waals surface area contributed by atoms with Gasteiger partial charge in [-0.25, -0.2) is 0 Å². The molecule has 0 saturated carbocycles. The highest BCUT2D eigenvalue weighted by Crippen LogP contribution is 2.34. The number of nitrogens with one attached hydrogen (secondary N) is 1. The van der Waals surface area contributed by atoms with Gasteiger partial charge in [0, 0.05) is 0 Å². The Balaban J connectivity index is 2.12. The van der Waals surface area contributed by atoms with E-state index in [0.29, 0.717) is 0 Å². The minimum atomic E-state index is 0.763. The first kappa shape index (κ1) is 12.6. The van der Waals surface area contributed by atoms with Crippen molar-refractivity contribution >= 4 is 0 Å². The van der Waals surface area contributed by atoms with E-state index in [9.17, 15) is 0 Å². The molecule has 2 unspecified atom stereocenters.